The predicted molar refractivity (Wildman–Crippen MR) is 94.4 cm³/mol. The summed E-state index contributed by atoms with van der Waals surface area (Å²) in [7, 11) is 0. The average Bonchev–Trinajstić information content (AvgIpc) is 3.40. The van der Waals surface area contributed by atoms with Crippen LogP contribution in [0.4, 0.5) is 14.5 Å². The van der Waals surface area contributed by atoms with E-state index in [2.05, 4.69) is 4.98 Å². The number of hydrogen-bond donors (Lipinski definition) is 1. The molecule has 1 aliphatic carbocycles. The monoisotopic (exact) mass is 351 g/mol. The number of pyridine rings is 1. The molecule has 26 heavy (non-hydrogen) atoms. The van der Waals surface area contributed by atoms with Crippen molar-refractivity contribution in [3.63, 3.8) is 0 Å². The molecular weight excluding hydrogens is 336 g/mol. The van der Waals surface area contributed by atoms with Crippen molar-refractivity contribution in [2.24, 2.45) is 0 Å². The first-order valence-corrected chi connectivity index (χ1v) is 8.52. The van der Waals surface area contributed by atoms with Gasteiger partial charge in [0.15, 0.2) is 0 Å². The second-order valence-electron chi connectivity index (χ2n) is 6.81. The zero-order valence-electron chi connectivity index (χ0n) is 13.8. The molecule has 0 unspecified atom stereocenters. The average molecular weight is 351 g/mol. The van der Waals surface area contributed by atoms with Crippen LogP contribution in [-0.4, -0.2) is 21.8 Å². The molecule has 130 valence electrons. The van der Waals surface area contributed by atoms with Crippen molar-refractivity contribution in [2.75, 3.05) is 5.73 Å². The molecule has 1 saturated carbocycles. The molecule has 4 nitrogen and oxygen atoms in total. The highest BCUT2D eigenvalue weighted by Gasteiger charge is 2.40. The molecule has 0 bridgehead atoms. The number of amides is 1. The van der Waals surface area contributed by atoms with Gasteiger partial charge in [-0.3, -0.25) is 4.79 Å². The molecule has 1 fully saturated rings. The van der Waals surface area contributed by atoms with E-state index in [0.29, 0.717) is 40.0 Å². The third-order valence-corrected chi connectivity index (χ3v) is 5.15. The summed E-state index contributed by atoms with van der Waals surface area (Å²) in [4.78, 5) is 19.1. The highest BCUT2D eigenvalue weighted by molar-refractivity contribution is 6.11. The number of aromatic nitrogens is 1. The Kier molecular flexibility index (Phi) is 3.07. The van der Waals surface area contributed by atoms with Crippen molar-refractivity contribution >= 4 is 22.5 Å². The minimum atomic E-state index is -0.658. The highest BCUT2D eigenvalue weighted by atomic mass is 19.1. The number of fused-ring (bicyclic) bond motifs is 2. The van der Waals surface area contributed by atoms with Crippen LogP contribution in [0.25, 0.3) is 22.0 Å². The molecule has 0 radical (unpaired) electrons. The predicted octanol–water partition coefficient (Wildman–Crippen LogP) is 3.88. The van der Waals surface area contributed by atoms with E-state index in [4.69, 9.17) is 5.73 Å². The molecule has 3 aromatic rings. The van der Waals surface area contributed by atoms with Crippen LogP contribution in [0.3, 0.4) is 0 Å². The molecule has 2 aliphatic rings. The Hall–Kier alpha value is -3.02. The van der Waals surface area contributed by atoms with Gasteiger partial charge in [0, 0.05) is 17.0 Å². The summed E-state index contributed by atoms with van der Waals surface area (Å²) in [5.74, 6) is -1.42. The first-order chi connectivity index (χ1) is 12.6. The van der Waals surface area contributed by atoms with E-state index in [1.165, 1.54) is 18.2 Å². The van der Waals surface area contributed by atoms with Gasteiger partial charge in [0.25, 0.3) is 5.91 Å². The lowest BCUT2D eigenvalue weighted by Gasteiger charge is -2.13. The Morgan fingerprint density at radius 3 is 2.42 bits per heavy atom. The van der Waals surface area contributed by atoms with Gasteiger partial charge in [-0.15, -0.1) is 0 Å². The molecule has 2 N–H and O–H groups in total. The van der Waals surface area contributed by atoms with Crippen LogP contribution < -0.4 is 5.73 Å². The summed E-state index contributed by atoms with van der Waals surface area (Å²) >= 11 is 0. The molecule has 0 atom stereocenters. The molecular formula is C20H15F2N3O. The number of carbonyl (C=O) groups is 1. The quantitative estimate of drug-likeness (QED) is 0.762. The normalized spacial score (nSPS) is 16.4. The Morgan fingerprint density at radius 2 is 1.73 bits per heavy atom. The fourth-order valence-electron chi connectivity index (χ4n) is 3.73. The third-order valence-electron chi connectivity index (χ3n) is 5.15. The molecule has 0 spiro atoms. The molecule has 1 aliphatic heterocycles. The zero-order chi connectivity index (χ0) is 18.0. The van der Waals surface area contributed by atoms with Crippen LogP contribution in [-0.2, 0) is 6.54 Å². The van der Waals surface area contributed by atoms with Gasteiger partial charge in [-0.2, -0.15) is 0 Å². The smallest absolute Gasteiger partial charge is 0.258 e. The number of nitrogens with zero attached hydrogens (tertiary/aromatic N) is 2. The first kappa shape index (κ1) is 15.3. The summed E-state index contributed by atoms with van der Waals surface area (Å²) in [6.45, 7) is 0.396. The first-order valence-electron chi connectivity index (χ1n) is 8.52. The Labute approximate surface area is 148 Å². The van der Waals surface area contributed by atoms with E-state index in [1.54, 1.807) is 23.1 Å². The van der Waals surface area contributed by atoms with E-state index in [0.717, 1.165) is 12.8 Å². The number of para-hydroxylation sites is 1. The van der Waals surface area contributed by atoms with Crippen molar-refractivity contribution in [3.05, 3.63) is 59.3 Å². The summed E-state index contributed by atoms with van der Waals surface area (Å²) < 4.78 is 28.6. The zero-order valence-corrected chi connectivity index (χ0v) is 13.8. The van der Waals surface area contributed by atoms with Gasteiger partial charge in [0.05, 0.1) is 34.6 Å². The molecule has 5 rings (SSSR count). The number of hydrogen-bond acceptors (Lipinski definition) is 3. The van der Waals surface area contributed by atoms with Crippen LogP contribution in [0, 0.1) is 11.6 Å². The maximum Gasteiger partial charge on any atom is 0.258 e. The number of anilines is 1. The summed E-state index contributed by atoms with van der Waals surface area (Å²) in [5.41, 5.74) is 8.25. The maximum absolute atomic E-state index is 14.3. The Bertz CT molecular complexity index is 1070. The summed E-state index contributed by atoms with van der Waals surface area (Å²) in [6.07, 6.45) is 1.98. The fraction of sp³-hybridized carbons (Fsp3) is 0.200. The van der Waals surface area contributed by atoms with Crippen molar-refractivity contribution in [1.82, 2.24) is 9.88 Å². The van der Waals surface area contributed by atoms with Gasteiger partial charge in [0.2, 0.25) is 0 Å². The van der Waals surface area contributed by atoms with E-state index in [9.17, 15) is 13.6 Å². The fourth-order valence-corrected chi connectivity index (χ4v) is 3.73. The molecule has 2 aromatic carbocycles. The topological polar surface area (TPSA) is 59.2 Å². The largest absolute Gasteiger partial charge is 0.397 e. The number of rotatable bonds is 2. The van der Waals surface area contributed by atoms with E-state index in [1.807, 2.05) is 0 Å². The van der Waals surface area contributed by atoms with E-state index in [-0.39, 0.29) is 17.5 Å². The number of nitrogen functional groups attached to an aromatic ring is 1. The third kappa shape index (κ3) is 2.05. The Balaban J connectivity index is 1.78. The number of benzene rings is 2. The van der Waals surface area contributed by atoms with Crippen LogP contribution in [0.2, 0.25) is 0 Å². The molecule has 1 aromatic heterocycles. The van der Waals surface area contributed by atoms with Gasteiger partial charge in [-0.1, -0.05) is 24.3 Å². The van der Waals surface area contributed by atoms with Crippen LogP contribution in [0.5, 0.6) is 0 Å². The number of carbonyl (C=O) groups excluding carboxylic acids is 1. The number of halogens is 2. The molecule has 2 heterocycles. The standard InChI is InChI=1S/C20H15F2N3O/c21-13-5-2-6-14(22)16(13)11-3-1-4-12-18(23)17-15(24-19(11)12)9-25(20(17)26)10-7-8-10/h1-6,10H,7-9H2,(H2,23,24). The molecule has 6 heteroatoms. The summed E-state index contributed by atoms with van der Waals surface area (Å²) in [6, 6.07) is 9.03. The minimum Gasteiger partial charge on any atom is -0.397 e. The van der Waals surface area contributed by atoms with E-state index < -0.39 is 11.6 Å². The van der Waals surface area contributed by atoms with Crippen molar-refractivity contribution in [1.29, 1.82) is 0 Å². The lowest BCUT2D eigenvalue weighted by molar-refractivity contribution is 0.0767. The number of nitrogens with two attached hydrogens (primary N) is 1. The van der Waals surface area contributed by atoms with Gasteiger partial charge in [-0.25, -0.2) is 13.8 Å². The van der Waals surface area contributed by atoms with Gasteiger partial charge < -0.3 is 10.6 Å². The maximum atomic E-state index is 14.3. The summed E-state index contributed by atoms with van der Waals surface area (Å²) in [5, 5.41) is 0.537. The van der Waals surface area contributed by atoms with Crippen LogP contribution >= 0.6 is 0 Å². The lowest BCUT2D eigenvalue weighted by atomic mass is 9.98. The minimum absolute atomic E-state index is 0.100. The van der Waals surface area contributed by atoms with Gasteiger partial charge in [-0.05, 0) is 25.0 Å². The van der Waals surface area contributed by atoms with E-state index >= 15 is 0 Å². The van der Waals surface area contributed by atoms with Crippen LogP contribution in [0.15, 0.2) is 36.4 Å². The highest BCUT2D eigenvalue weighted by Crippen LogP contribution is 2.40. The second-order valence-corrected chi connectivity index (χ2v) is 6.81. The van der Waals surface area contributed by atoms with Crippen molar-refractivity contribution < 1.29 is 13.6 Å². The molecule has 0 saturated heterocycles. The van der Waals surface area contributed by atoms with Crippen molar-refractivity contribution in [2.45, 2.75) is 25.4 Å². The van der Waals surface area contributed by atoms with Crippen molar-refractivity contribution in [3.8, 4) is 11.1 Å². The Morgan fingerprint density at radius 1 is 1.04 bits per heavy atom. The van der Waals surface area contributed by atoms with Gasteiger partial charge >= 0.3 is 0 Å². The lowest BCUT2D eigenvalue weighted by Crippen LogP contribution is -2.26. The van der Waals surface area contributed by atoms with Crippen LogP contribution in [0.1, 0.15) is 28.9 Å². The van der Waals surface area contributed by atoms with Gasteiger partial charge in [0.1, 0.15) is 11.6 Å². The second kappa shape index (κ2) is 5.24. The SMILES string of the molecule is Nc1c2c(nc3c(-c4c(F)cccc4F)cccc13)CN(C1CC1)C2=O. The molecule has 1 amide bonds.